The van der Waals surface area contributed by atoms with Crippen molar-refractivity contribution in [3.05, 3.63) is 118 Å². The summed E-state index contributed by atoms with van der Waals surface area (Å²) in [6, 6.07) is 19.1. The van der Waals surface area contributed by atoms with Crippen LogP contribution in [0.3, 0.4) is 0 Å². The molecule has 0 spiro atoms. The average Bonchev–Trinajstić information content (AvgIpc) is 4.26. The van der Waals surface area contributed by atoms with E-state index in [0.717, 1.165) is 25.7 Å². The Labute approximate surface area is 422 Å². The van der Waals surface area contributed by atoms with Gasteiger partial charge in [0.2, 0.25) is 0 Å². The summed E-state index contributed by atoms with van der Waals surface area (Å²) < 4.78 is 32.6. The second kappa shape index (κ2) is 18.8. The minimum absolute atomic E-state index is 0.0609. The number of amides is 4. The summed E-state index contributed by atoms with van der Waals surface area (Å²) in [5, 5.41) is 56.0. The summed E-state index contributed by atoms with van der Waals surface area (Å²) in [5.74, 6) is -1.20. The van der Waals surface area contributed by atoms with Gasteiger partial charge in [0.1, 0.15) is 11.6 Å². The number of nitrogens with zero attached hydrogens (tertiary/aromatic N) is 12. The molecule has 6 aromatic rings. The minimum atomic E-state index is -1.46. The number of halogens is 2. The van der Waals surface area contributed by atoms with Crippen molar-refractivity contribution >= 4 is 35.3 Å². The number of benzene rings is 2. The highest BCUT2D eigenvalue weighted by atomic mass is 19.1. The van der Waals surface area contributed by atoms with Gasteiger partial charge in [-0.1, -0.05) is 12.1 Å². The Kier molecular flexibility index (Phi) is 12.1. The van der Waals surface area contributed by atoms with Crippen LogP contribution in [-0.2, 0) is 22.7 Å². The Morgan fingerprint density at radius 3 is 1.39 bits per heavy atom. The largest absolute Gasteiger partial charge is 0.378 e. The number of carbonyl (C=O) groups is 4. The molecule has 4 fully saturated rings. The second-order valence-corrected chi connectivity index (χ2v) is 19.3. The zero-order valence-corrected chi connectivity index (χ0v) is 39.9. The van der Waals surface area contributed by atoms with E-state index in [2.05, 4.69) is 30.8 Å². The van der Waals surface area contributed by atoms with Gasteiger partial charge in [-0.3, -0.25) is 19.2 Å². The van der Waals surface area contributed by atoms with E-state index in [0.29, 0.717) is 97.6 Å². The Balaban J connectivity index is 0.000000159. The molecular formula is C52H48F2N14O6. The summed E-state index contributed by atoms with van der Waals surface area (Å²) in [6.45, 7) is 4.19. The maximum absolute atomic E-state index is 14.8. The van der Waals surface area contributed by atoms with Gasteiger partial charge in [0.05, 0.1) is 106 Å². The van der Waals surface area contributed by atoms with Crippen LogP contribution in [0.25, 0.3) is 33.9 Å². The van der Waals surface area contributed by atoms with E-state index in [1.54, 1.807) is 46.5 Å². The van der Waals surface area contributed by atoms with Crippen LogP contribution in [0.2, 0.25) is 0 Å². The van der Waals surface area contributed by atoms with Crippen LogP contribution in [0.15, 0.2) is 73.1 Å². The van der Waals surface area contributed by atoms with E-state index >= 15 is 0 Å². The van der Waals surface area contributed by atoms with Crippen LogP contribution in [0.5, 0.6) is 0 Å². The zero-order chi connectivity index (χ0) is 51.5. The Morgan fingerprint density at radius 1 is 0.595 bits per heavy atom. The lowest BCUT2D eigenvalue weighted by Crippen LogP contribution is -2.49. The number of nitrogens with one attached hydrogen (secondary N) is 2. The molecule has 4 amide bonds. The number of β-amino-alcohol motifs (C(OH)–C–C–N with tert-alkyl or cyclic N) is 2. The molecule has 22 heteroatoms. The lowest BCUT2D eigenvalue weighted by atomic mass is 10.0. The molecule has 1 unspecified atom stereocenters. The second-order valence-electron chi connectivity index (χ2n) is 19.3. The molecule has 0 bridgehead atoms. The maximum atomic E-state index is 14.8. The number of fused-ring (bicyclic) bond motifs is 2. The highest BCUT2D eigenvalue weighted by Gasteiger charge is 2.47. The number of nitriles is 2. The third-order valence-electron chi connectivity index (χ3n) is 14.6. The number of anilines is 2. The monoisotopic (exact) mass is 1000 g/mol. The number of aliphatic hydroxyl groups is 2. The van der Waals surface area contributed by atoms with Crippen LogP contribution in [0.1, 0.15) is 81.8 Å². The van der Waals surface area contributed by atoms with Gasteiger partial charge in [-0.25, -0.2) is 28.1 Å². The summed E-state index contributed by atoms with van der Waals surface area (Å²) in [4.78, 5) is 67.2. The number of pyridine rings is 2. The molecule has 4 N–H and O–H groups in total. The molecular weight excluding hydrogens is 955 g/mol. The van der Waals surface area contributed by atoms with Gasteiger partial charge >= 0.3 is 0 Å². The van der Waals surface area contributed by atoms with Crippen molar-refractivity contribution in [2.75, 3.05) is 62.2 Å². The molecule has 6 aliphatic rings. The first-order valence-electron chi connectivity index (χ1n) is 24.4. The number of carbonyl (C=O) groups excluding carboxylic acids is 4. The first kappa shape index (κ1) is 47.7. The highest BCUT2D eigenvalue weighted by Crippen LogP contribution is 2.36. The fourth-order valence-electron chi connectivity index (χ4n) is 10.8. The summed E-state index contributed by atoms with van der Waals surface area (Å²) in [7, 11) is 0. The molecule has 4 saturated heterocycles. The standard InChI is InChI=1S/2C26H24FN7O3/c2*27-17-5-3-4-16(13-28)22(17)18-12-20(23-19(30-18)14-29-24(23)35)34-10-6-21(31-34)33-11-7-26(37,15-33)25(36)32-8-1-2-9-32/h2*3-6,10,12,37H,1-2,7-9,11,14-15H2,(H,29,35)/t26-;/m1./s1. The predicted molar refractivity (Wildman–Crippen MR) is 260 cm³/mol. The fourth-order valence-corrected chi connectivity index (χ4v) is 10.8. The summed E-state index contributed by atoms with van der Waals surface area (Å²) in [5.41, 5.74) is 0.255. The average molecular weight is 1000 g/mol. The topological polar surface area (TPSA) is 255 Å². The van der Waals surface area contributed by atoms with Gasteiger partial charge in [0.15, 0.2) is 22.8 Å². The SMILES string of the molecule is N#Cc1cccc(F)c1-c1cc(-n2ccc(N3CCC(O)(C(=O)N4CCCC4)C3)n2)c2c(n1)CNC2=O.N#Cc1cccc(F)c1-c1cc(-n2ccc(N3CC[C@](O)(C(=O)N4CCCC4)C3)n2)c2c(n1)CNC2=O. The third kappa shape index (κ3) is 8.40. The van der Waals surface area contributed by atoms with Crippen molar-refractivity contribution in [2.24, 2.45) is 0 Å². The van der Waals surface area contributed by atoms with Crippen molar-refractivity contribution in [2.45, 2.75) is 62.8 Å². The van der Waals surface area contributed by atoms with E-state index in [4.69, 9.17) is 0 Å². The highest BCUT2D eigenvalue weighted by molar-refractivity contribution is 6.02. The molecule has 74 heavy (non-hydrogen) atoms. The van der Waals surface area contributed by atoms with Crippen LogP contribution >= 0.6 is 0 Å². The molecule has 0 radical (unpaired) electrons. The van der Waals surface area contributed by atoms with Crippen molar-refractivity contribution in [1.82, 2.24) is 50.0 Å². The number of likely N-dealkylation sites (tertiary alicyclic amines) is 2. The van der Waals surface area contributed by atoms with E-state index < -0.39 is 22.8 Å². The van der Waals surface area contributed by atoms with Gasteiger partial charge in [0.25, 0.3) is 23.6 Å². The third-order valence-corrected chi connectivity index (χ3v) is 14.6. The molecule has 2 atom stereocenters. The summed E-state index contributed by atoms with van der Waals surface area (Å²) >= 11 is 0. The van der Waals surface area contributed by atoms with Gasteiger partial charge in [-0.05, 0) is 62.1 Å². The zero-order valence-electron chi connectivity index (χ0n) is 39.9. The molecule has 0 aliphatic carbocycles. The first-order valence-corrected chi connectivity index (χ1v) is 24.4. The lowest BCUT2D eigenvalue weighted by molar-refractivity contribution is -0.148. The van der Waals surface area contributed by atoms with Crippen LogP contribution in [0.4, 0.5) is 20.4 Å². The van der Waals surface area contributed by atoms with Gasteiger partial charge in [-0.15, -0.1) is 0 Å². The Hall–Kier alpha value is -8.60. The summed E-state index contributed by atoms with van der Waals surface area (Å²) in [6.07, 6.45) is 7.75. The van der Waals surface area contributed by atoms with E-state index in [1.807, 2.05) is 21.9 Å². The smallest absolute Gasteiger partial charge is 0.256 e. The van der Waals surface area contributed by atoms with E-state index in [1.165, 1.54) is 45.8 Å². The Bertz CT molecular complexity index is 3170. The molecule has 6 aliphatic heterocycles. The molecule has 0 saturated carbocycles. The van der Waals surface area contributed by atoms with E-state index in [9.17, 15) is 48.7 Å². The van der Waals surface area contributed by atoms with Crippen molar-refractivity contribution in [3.63, 3.8) is 0 Å². The quantitative estimate of drug-likeness (QED) is 0.170. The van der Waals surface area contributed by atoms with Crippen molar-refractivity contribution in [1.29, 1.82) is 10.5 Å². The Morgan fingerprint density at radius 2 is 1.00 bits per heavy atom. The minimum Gasteiger partial charge on any atom is -0.378 e. The fraction of sp³-hybridized carbons (Fsp3) is 0.346. The maximum Gasteiger partial charge on any atom is 0.256 e. The van der Waals surface area contributed by atoms with Crippen molar-refractivity contribution in [3.8, 4) is 46.0 Å². The predicted octanol–water partition coefficient (Wildman–Crippen LogP) is 3.50. The van der Waals surface area contributed by atoms with Gasteiger partial charge < -0.3 is 40.4 Å². The van der Waals surface area contributed by atoms with Gasteiger partial charge in [-0.2, -0.15) is 20.7 Å². The number of rotatable bonds is 8. The number of hydrogen-bond donors (Lipinski definition) is 4. The van der Waals surface area contributed by atoms with Gasteiger partial charge in [0, 0.05) is 76.6 Å². The molecule has 376 valence electrons. The molecule has 20 nitrogen and oxygen atoms in total. The van der Waals surface area contributed by atoms with Crippen molar-refractivity contribution < 1.29 is 38.2 Å². The van der Waals surface area contributed by atoms with Crippen LogP contribution < -0.4 is 20.4 Å². The molecule has 10 heterocycles. The number of hydrogen-bond acceptors (Lipinski definition) is 14. The first-order chi connectivity index (χ1) is 35.8. The lowest BCUT2D eigenvalue weighted by Gasteiger charge is -2.27. The molecule has 2 aromatic carbocycles. The van der Waals surface area contributed by atoms with E-state index in [-0.39, 0.29) is 83.4 Å². The van der Waals surface area contributed by atoms with Crippen LogP contribution in [-0.4, -0.2) is 137 Å². The van der Waals surface area contributed by atoms with Crippen LogP contribution in [0, 0.1) is 34.3 Å². The normalized spacial score (nSPS) is 20.7. The molecule has 12 rings (SSSR count). The number of aromatic nitrogens is 6. The molecule has 4 aromatic heterocycles.